The summed E-state index contributed by atoms with van der Waals surface area (Å²) in [6.07, 6.45) is 4.86. The lowest BCUT2D eigenvalue weighted by molar-refractivity contribution is 0.247. The van der Waals surface area contributed by atoms with Gasteiger partial charge < -0.3 is 10.6 Å². The zero-order valence-corrected chi connectivity index (χ0v) is 12.6. The molecule has 0 amide bonds. The molecular weight excluding hydrogens is 232 g/mol. The fourth-order valence-corrected chi connectivity index (χ4v) is 2.92. The monoisotopic (exact) mass is 260 g/mol. The minimum atomic E-state index is 0.279. The molecule has 1 aliphatic heterocycles. The minimum absolute atomic E-state index is 0.279. The van der Waals surface area contributed by atoms with Crippen molar-refractivity contribution in [3.05, 3.63) is 35.4 Å². The molecule has 2 heteroatoms. The van der Waals surface area contributed by atoms with Crippen LogP contribution in [-0.2, 0) is 13.0 Å². The van der Waals surface area contributed by atoms with Gasteiger partial charge in [-0.1, -0.05) is 37.6 Å². The molecule has 1 unspecified atom stereocenters. The summed E-state index contributed by atoms with van der Waals surface area (Å²) in [7, 11) is 0. The van der Waals surface area contributed by atoms with E-state index in [4.69, 9.17) is 0 Å². The number of benzene rings is 1. The van der Waals surface area contributed by atoms with Crippen molar-refractivity contribution >= 4 is 0 Å². The van der Waals surface area contributed by atoms with E-state index in [0.717, 1.165) is 13.1 Å². The van der Waals surface area contributed by atoms with Crippen LogP contribution in [-0.4, -0.2) is 18.1 Å². The van der Waals surface area contributed by atoms with E-state index in [1.54, 1.807) is 0 Å². The predicted octanol–water partition coefficient (Wildman–Crippen LogP) is 3.26. The van der Waals surface area contributed by atoms with Crippen LogP contribution in [0.15, 0.2) is 24.3 Å². The van der Waals surface area contributed by atoms with E-state index in [1.165, 1.54) is 36.8 Å². The lowest BCUT2D eigenvalue weighted by Gasteiger charge is -2.37. The van der Waals surface area contributed by atoms with Crippen molar-refractivity contribution in [3.8, 4) is 0 Å². The maximum absolute atomic E-state index is 3.70. The van der Waals surface area contributed by atoms with Gasteiger partial charge in [0.05, 0.1) is 0 Å². The van der Waals surface area contributed by atoms with Crippen molar-refractivity contribution in [2.45, 2.75) is 64.6 Å². The normalized spacial score (nSPS) is 22.4. The molecule has 0 saturated carbocycles. The van der Waals surface area contributed by atoms with Crippen LogP contribution in [0.25, 0.3) is 0 Å². The molecule has 0 aliphatic carbocycles. The number of hydrogen-bond acceptors (Lipinski definition) is 2. The second kappa shape index (κ2) is 6.53. The maximum Gasteiger partial charge on any atom is 0.0208 e. The summed E-state index contributed by atoms with van der Waals surface area (Å²) in [6, 6.07) is 9.72. The Kier molecular flexibility index (Phi) is 5.00. The average Bonchev–Trinajstić information content (AvgIpc) is 2.37. The Balaban J connectivity index is 1.81. The Labute approximate surface area is 118 Å². The Morgan fingerprint density at radius 1 is 1.21 bits per heavy atom. The van der Waals surface area contributed by atoms with Gasteiger partial charge in [0.1, 0.15) is 0 Å². The van der Waals surface area contributed by atoms with Gasteiger partial charge in [-0.2, -0.15) is 0 Å². The zero-order valence-electron chi connectivity index (χ0n) is 12.6. The Morgan fingerprint density at radius 2 is 1.89 bits per heavy atom. The molecule has 1 fully saturated rings. The third kappa shape index (κ3) is 4.63. The summed E-state index contributed by atoms with van der Waals surface area (Å²) in [5.41, 5.74) is 3.13. The van der Waals surface area contributed by atoms with Crippen molar-refractivity contribution in [3.63, 3.8) is 0 Å². The van der Waals surface area contributed by atoms with Gasteiger partial charge in [0.25, 0.3) is 0 Å². The smallest absolute Gasteiger partial charge is 0.0208 e. The van der Waals surface area contributed by atoms with Crippen LogP contribution in [0.3, 0.4) is 0 Å². The number of rotatable bonds is 5. The highest BCUT2D eigenvalue weighted by molar-refractivity contribution is 5.22. The van der Waals surface area contributed by atoms with Crippen molar-refractivity contribution in [2.75, 3.05) is 6.54 Å². The first kappa shape index (κ1) is 14.5. The molecule has 1 atom stereocenters. The van der Waals surface area contributed by atoms with Gasteiger partial charge in [-0.05, 0) is 50.8 Å². The molecule has 0 bridgehead atoms. The van der Waals surface area contributed by atoms with E-state index in [1.807, 2.05) is 0 Å². The highest BCUT2D eigenvalue weighted by atomic mass is 15.0. The van der Waals surface area contributed by atoms with Crippen LogP contribution in [0.2, 0.25) is 0 Å². The molecule has 2 N–H and O–H groups in total. The summed E-state index contributed by atoms with van der Waals surface area (Å²) in [6.45, 7) is 8.93. The van der Waals surface area contributed by atoms with Crippen molar-refractivity contribution in [1.82, 2.24) is 10.6 Å². The van der Waals surface area contributed by atoms with Crippen molar-refractivity contribution < 1.29 is 0 Å². The van der Waals surface area contributed by atoms with Gasteiger partial charge in [-0.15, -0.1) is 0 Å². The van der Waals surface area contributed by atoms with Gasteiger partial charge in [-0.3, -0.25) is 0 Å². The quantitative estimate of drug-likeness (QED) is 0.849. The molecule has 0 aromatic heterocycles. The van der Waals surface area contributed by atoms with E-state index >= 15 is 0 Å². The molecule has 1 saturated heterocycles. The highest BCUT2D eigenvalue weighted by Gasteiger charge is 2.26. The second-order valence-electron chi connectivity index (χ2n) is 6.45. The molecule has 2 nitrogen and oxygen atoms in total. The van der Waals surface area contributed by atoms with Crippen LogP contribution in [0, 0.1) is 0 Å². The Hall–Kier alpha value is -0.860. The lowest BCUT2D eigenvalue weighted by atomic mass is 9.89. The van der Waals surface area contributed by atoms with E-state index in [9.17, 15) is 0 Å². The van der Waals surface area contributed by atoms with Crippen LogP contribution >= 0.6 is 0 Å². The van der Waals surface area contributed by atoms with Crippen LogP contribution in [0.1, 0.15) is 51.2 Å². The summed E-state index contributed by atoms with van der Waals surface area (Å²) in [4.78, 5) is 0. The molecule has 1 heterocycles. The van der Waals surface area contributed by atoms with E-state index < -0.39 is 0 Å². The van der Waals surface area contributed by atoms with Gasteiger partial charge in [-0.25, -0.2) is 0 Å². The molecular formula is C17H28N2. The van der Waals surface area contributed by atoms with E-state index in [2.05, 4.69) is 55.7 Å². The van der Waals surface area contributed by atoms with Gasteiger partial charge >= 0.3 is 0 Å². The summed E-state index contributed by atoms with van der Waals surface area (Å²) >= 11 is 0. The molecule has 1 aromatic rings. The van der Waals surface area contributed by atoms with Gasteiger partial charge in [0, 0.05) is 18.1 Å². The average molecular weight is 260 g/mol. The lowest BCUT2D eigenvalue weighted by Crippen LogP contribution is -2.51. The Morgan fingerprint density at radius 3 is 2.53 bits per heavy atom. The van der Waals surface area contributed by atoms with E-state index in [-0.39, 0.29) is 5.54 Å². The van der Waals surface area contributed by atoms with Crippen molar-refractivity contribution in [2.24, 2.45) is 0 Å². The summed E-state index contributed by atoms with van der Waals surface area (Å²) in [5, 5.41) is 7.27. The predicted molar refractivity (Wildman–Crippen MR) is 82.4 cm³/mol. The molecule has 19 heavy (non-hydrogen) atoms. The zero-order chi connectivity index (χ0) is 13.7. The van der Waals surface area contributed by atoms with E-state index in [0.29, 0.717) is 6.04 Å². The Bertz CT molecular complexity index is 381. The van der Waals surface area contributed by atoms with Crippen LogP contribution < -0.4 is 10.6 Å². The SMILES string of the molecule is CCCc1ccc(CNC2CCNC(C)(C)C2)cc1. The first-order chi connectivity index (χ1) is 9.09. The number of piperidine rings is 1. The molecule has 0 spiro atoms. The summed E-state index contributed by atoms with van der Waals surface area (Å²) < 4.78 is 0. The highest BCUT2D eigenvalue weighted by Crippen LogP contribution is 2.18. The second-order valence-corrected chi connectivity index (χ2v) is 6.45. The molecule has 0 radical (unpaired) electrons. The molecule has 2 rings (SSSR count). The fraction of sp³-hybridized carbons (Fsp3) is 0.647. The molecule has 1 aromatic carbocycles. The van der Waals surface area contributed by atoms with Crippen LogP contribution in [0.5, 0.6) is 0 Å². The molecule has 106 valence electrons. The van der Waals surface area contributed by atoms with Crippen molar-refractivity contribution in [1.29, 1.82) is 0 Å². The number of aryl methyl sites for hydroxylation is 1. The standard InChI is InChI=1S/C17H28N2/c1-4-5-14-6-8-15(9-7-14)13-18-16-10-11-19-17(2,3)12-16/h6-9,16,18-19H,4-5,10-13H2,1-3H3. The minimum Gasteiger partial charge on any atom is -0.312 e. The third-order valence-corrected chi connectivity index (χ3v) is 4.01. The third-order valence-electron chi connectivity index (χ3n) is 4.01. The number of hydrogen-bond donors (Lipinski definition) is 2. The van der Waals surface area contributed by atoms with Gasteiger partial charge in [0.2, 0.25) is 0 Å². The molecule has 1 aliphatic rings. The van der Waals surface area contributed by atoms with Crippen LogP contribution in [0.4, 0.5) is 0 Å². The first-order valence-corrected chi connectivity index (χ1v) is 7.65. The fourth-order valence-electron chi connectivity index (χ4n) is 2.92. The maximum atomic E-state index is 3.70. The largest absolute Gasteiger partial charge is 0.312 e. The number of nitrogens with one attached hydrogen (secondary N) is 2. The first-order valence-electron chi connectivity index (χ1n) is 7.65. The topological polar surface area (TPSA) is 24.1 Å². The summed E-state index contributed by atoms with van der Waals surface area (Å²) in [5.74, 6) is 0. The van der Waals surface area contributed by atoms with Gasteiger partial charge in [0.15, 0.2) is 0 Å².